The first kappa shape index (κ1) is 15.9. The highest BCUT2D eigenvalue weighted by Gasteiger charge is 2.40. The second kappa shape index (κ2) is 7.47. The molecule has 0 aliphatic rings. The average molecular weight is 277 g/mol. The van der Waals surface area contributed by atoms with Crippen molar-refractivity contribution in [3.05, 3.63) is 35.9 Å². The molecule has 3 nitrogen and oxygen atoms in total. The lowest BCUT2D eigenvalue weighted by atomic mass is 10.1. The van der Waals surface area contributed by atoms with Gasteiger partial charge < -0.3 is 15.2 Å². The van der Waals surface area contributed by atoms with E-state index < -0.39 is 18.3 Å². The van der Waals surface area contributed by atoms with Crippen molar-refractivity contribution in [3.63, 3.8) is 0 Å². The number of aliphatic hydroxyl groups is 1. The van der Waals surface area contributed by atoms with Crippen molar-refractivity contribution in [2.24, 2.45) is 0 Å². The van der Waals surface area contributed by atoms with Crippen molar-refractivity contribution in [3.8, 4) is 0 Å². The minimum Gasteiger partial charge on any atom is -0.391 e. The zero-order chi connectivity index (χ0) is 14.3. The number of ether oxygens (including phenoxy) is 1. The van der Waals surface area contributed by atoms with Crippen molar-refractivity contribution in [1.82, 2.24) is 5.32 Å². The first-order valence-corrected chi connectivity index (χ1v) is 5.97. The van der Waals surface area contributed by atoms with Crippen LogP contribution in [-0.4, -0.2) is 37.6 Å². The lowest BCUT2D eigenvalue weighted by Gasteiger charge is -2.22. The maximum absolute atomic E-state index is 12.9. The molecule has 2 unspecified atom stereocenters. The van der Waals surface area contributed by atoms with Crippen molar-refractivity contribution >= 4 is 0 Å². The van der Waals surface area contributed by atoms with Gasteiger partial charge in [-0.05, 0) is 18.5 Å². The Labute approximate surface area is 110 Å². The Hall–Kier alpha value is -1.11. The molecule has 0 aliphatic carbocycles. The number of nitrogens with one attached hydrogen (secondary N) is 1. The molecule has 0 aliphatic heterocycles. The van der Waals surface area contributed by atoms with Gasteiger partial charge in [-0.3, -0.25) is 0 Å². The summed E-state index contributed by atoms with van der Waals surface area (Å²) in [7, 11) is 1.43. The minimum absolute atomic E-state index is 0.0591. The number of methoxy groups -OCH3 is 1. The summed E-state index contributed by atoms with van der Waals surface area (Å²) in [4.78, 5) is 0. The first-order chi connectivity index (χ1) is 8.95. The maximum atomic E-state index is 12.9. The van der Waals surface area contributed by atoms with Crippen LogP contribution in [0.15, 0.2) is 30.3 Å². The molecule has 0 saturated heterocycles. The SMILES string of the molecule is COCC(O)CCNC(c1ccccc1)C(F)(F)F. The van der Waals surface area contributed by atoms with Crippen LogP contribution in [0.25, 0.3) is 0 Å². The number of alkyl halides is 3. The summed E-state index contributed by atoms with van der Waals surface area (Å²) in [5.74, 6) is 0. The minimum atomic E-state index is -4.37. The van der Waals surface area contributed by atoms with Crippen LogP contribution in [-0.2, 0) is 4.74 Å². The Morgan fingerprint density at radius 1 is 1.26 bits per heavy atom. The normalized spacial score (nSPS) is 15.2. The fourth-order valence-corrected chi connectivity index (χ4v) is 1.74. The van der Waals surface area contributed by atoms with E-state index in [1.165, 1.54) is 19.2 Å². The van der Waals surface area contributed by atoms with Gasteiger partial charge in [-0.1, -0.05) is 30.3 Å². The van der Waals surface area contributed by atoms with E-state index in [1.54, 1.807) is 18.2 Å². The van der Waals surface area contributed by atoms with Crippen LogP contribution in [0.2, 0.25) is 0 Å². The molecule has 0 aromatic heterocycles. The van der Waals surface area contributed by atoms with Gasteiger partial charge in [0.05, 0.1) is 12.7 Å². The fraction of sp³-hybridized carbons (Fsp3) is 0.538. The van der Waals surface area contributed by atoms with Gasteiger partial charge in [0.25, 0.3) is 0 Å². The lowest BCUT2D eigenvalue weighted by molar-refractivity contribution is -0.158. The van der Waals surface area contributed by atoms with Crippen LogP contribution in [0.4, 0.5) is 13.2 Å². The van der Waals surface area contributed by atoms with E-state index in [1.807, 2.05) is 0 Å². The van der Waals surface area contributed by atoms with E-state index in [0.29, 0.717) is 0 Å². The molecule has 1 rings (SSSR count). The standard InChI is InChI=1S/C13H18F3NO2/c1-19-9-11(18)7-8-17-12(13(14,15)16)10-5-3-2-4-6-10/h2-6,11-12,17-18H,7-9H2,1H3. The Balaban J connectivity index is 2.58. The topological polar surface area (TPSA) is 41.5 Å². The van der Waals surface area contributed by atoms with Gasteiger partial charge in [-0.25, -0.2) is 0 Å². The number of halogens is 3. The molecule has 0 fully saturated rings. The van der Waals surface area contributed by atoms with Crippen LogP contribution in [0.3, 0.4) is 0 Å². The van der Waals surface area contributed by atoms with Crippen LogP contribution < -0.4 is 5.32 Å². The van der Waals surface area contributed by atoms with E-state index in [-0.39, 0.29) is 25.1 Å². The van der Waals surface area contributed by atoms with Crippen LogP contribution in [0, 0.1) is 0 Å². The van der Waals surface area contributed by atoms with Crippen LogP contribution >= 0.6 is 0 Å². The molecule has 2 atom stereocenters. The van der Waals surface area contributed by atoms with E-state index >= 15 is 0 Å². The van der Waals surface area contributed by atoms with E-state index in [0.717, 1.165) is 0 Å². The van der Waals surface area contributed by atoms with Crippen molar-refractivity contribution < 1.29 is 23.0 Å². The third-order valence-electron chi connectivity index (χ3n) is 2.65. The maximum Gasteiger partial charge on any atom is 0.407 e. The summed E-state index contributed by atoms with van der Waals surface area (Å²) in [6, 6.07) is 5.93. The van der Waals surface area contributed by atoms with Crippen molar-refractivity contribution in [2.45, 2.75) is 24.7 Å². The molecule has 1 aromatic carbocycles. The first-order valence-electron chi connectivity index (χ1n) is 5.97. The summed E-state index contributed by atoms with van der Waals surface area (Å²) in [5, 5.41) is 11.8. The molecule has 0 bridgehead atoms. The van der Waals surface area contributed by atoms with Gasteiger partial charge in [0, 0.05) is 7.11 Å². The number of hydrogen-bond acceptors (Lipinski definition) is 3. The summed E-state index contributed by atoms with van der Waals surface area (Å²) in [6.45, 7) is 0.174. The molecule has 6 heteroatoms. The van der Waals surface area contributed by atoms with Crippen LogP contribution in [0.5, 0.6) is 0 Å². The Bertz CT molecular complexity index is 357. The Morgan fingerprint density at radius 3 is 2.42 bits per heavy atom. The van der Waals surface area contributed by atoms with E-state index in [4.69, 9.17) is 4.74 Å². The molecule has 0 saturated carbocycles. The molecule has 19 heavy (non-hydrogen) atoms. The quantitative estimate of drug-likeness (QED) is 0.803. The molecule has 0 spiro atoms. The zero-order valence-electron chi connectivity index (χ0n) is 10.7. The molecule has 0 amide bonds. The van der Waals surface area contributed by atoms with Crippen LogP contribution in [0.1, 0.15) is 18.0 Å². The second-order valence-electron chi connectivity index (χ2n) is 4.24. The third kappa shape index (κ3) is 5.59. The van der Waals surface area contributed by atoms with Gasteiger partial charge in [0.1, 0.15) is 6.04 Å². The Morgan fingerprint density at radius 2 is 1.89 bits per heavy atom. The highest BCUT2D eigenvalue weighted by molar-refractivity contribution is 5.20. The smallest absolute Gasteiger partial charge is 0.391 e. The molecule has 2 N–H and O–H groups in total. The zero-order valence-corrected chi connectivity index (χ0v) is 10.7. The number of benzene rings is 1. The number of aliphatic hydroxyl groups excluding tert-OH is 1. The van der Waals surface area contributed by atoms with Gasteiger partial charge in [0.15, 0.2) is 0 Å². The summed E-state index contributed by atoms with van der Waals surface area (Å²) in [6.07, 6.45) is -4.93. The van der Waals surface area contributed by atoms with E-state index in [9.17, 15) is 18.3 Å². The molecule has 1 aromatic rings. The van der Waals surface area contributed by atoms with Crippen molar-refractivity contribution in [1.29, 1.82) is 0 Å². The summed E-state index contributed by atoms with van der Waals surface area (Å²) >= 11 is 0. The second-order valence-corrected chi connectivity index (χ2v) is 4.24. The predicted molar refractivity (Wildman–Crippen MR) is 65.7 cm³/mol. The van der Waals surface area contributed by atoms with Gasteiger partial charge in [-0.15, -0.1) is 0 Å². The van der Waals surface area contributed by atoms with Gasteiger partial charge in [0.2, 0.25) is 0 Å². The predicted octanol–water partition coefficient (Wildman–Crippen LogP) is 2.28. The number of rotatable bonds is 7. The summed E-state index contributed by atoms with van der Waals surface area (Å²) < 4.78 is 43.5. The molecule has 108 valence electrons. The van der Waals surface area contributed by atoms with E-state index in [2.05, 4.69) is 5.32 Å². The average Bonchev–Trinajstić information content (AvgIpc) is 2.34. The largest absolute Gasteiger partial charge is 0.407 e. The lowest BCUT2D eigenvalue weighted by Crippen LogP contribution is -2.36. The number of hydrogen-bond donors (Lipinski definition) is 2. The monoisotopic (exact) mass is 277 g/mol. The molecule has 0 heterocycles. The highest BCUT2D eigenvalue weighted by atomic mass is 19.4. The third-order valence-corrected chi connectivity index (χ3v) is 2.65. The van der Waals surface area contributed by atoms with Gasteiger partial charge >= 0.3 is 6.18 Å². The van der Waals surface area contributed by atoms with Crippen molar-refractivity contribution in [2.75, 3.05) is 20.3 Å². The molecule has 0 radical (unpaired) electrons. The fourth-order valence-electron chi connectivity index (χ4n) is 1.74. The molecular formula is C13H18F3NO2. The Kier molecular flexibility index (Phi) is 6.27. The highest BCUT2D eigenvalue weighted by Crippen LogP contribution is 2.32. The van der Waals surface area contributed by atoms with Gasteiger partial charge in [-0.2, -0.15) is 13.2 Å². The molecular weight excluding hydrogens is 259 g/mol. The summed E-state index contributed by atoms with van der Waals surface area (Å²) in [5.41, 5.74) is 0.163.